The SMILES string of the molecule is C=CCCC(CCC)CN=CN/C(C(=C)CCC)=C(/C)C(=O)NCC1CCCCC1. The van der Waals surface area contributed by atoms with Crippen molar-refractivity contribution in [1.29, 1.82) is 0 Å². The van der Waals surface area contributed by atoms with Gasteiger partial charge in [-0.3, -0.25) is 9.79 Å². The zero-order valence-electron chi connectivity index (χ0n) is 19.8. The summed E-state index contributed by atoms with van der Waals surface area (Å²) in [6.45, 7) is 15.8. The standard InChI is InChI=1S/C26H45N3O/c1-6-9-15-23(14-8-3)18-27-20-29-25(21(4)13-7-2)22(5)26(30)28-19-24-16-11-10-12-17-24/h6,20,23-24H,1,4,7-19H2,2-3,5H3,(H,27,29)(H,28,30)/b25-22-. The van der Waals surface area contributed by atoms with Crippen molar-refractivity contribution in [2.45, 2.75) is 91.4 Å². The molecular formula is C26H45N3O. The fourth-order valence-corrected chi connectivity index (χ4v) is 4.18. The Hall–Kier alpha value is -1.84. The maximum absolute atomic E-state index is 12.8. The van der Waals surface area contributed by atoms with Crippen LogP contribution in [0, 0.1) is 11.8 Å². The van der Waals surface area contributed by atoms with Gasteiger partial charge in [0.05, 0.1) is 12.0 Å². The van der Waals surface area contributed by atoms with Crippen molar-refractivity contribution in [2.24, 2.45) is 16.8 Å². The summed E-state index contributed by atoms with van der Waals surface area (Å²) in [5.41, 5.74) is 2.48. The van der Waals surface area contributed by atoms with Crippen LogP contribution in [0.2, 0.25) is 0 Å². The number of hydrogen-bond acceptors (Lipinski definition) is 2. The molecule has 0 aromatic carbocycles. The quantitative estimate of drug-likeness (QED) is 0.108. The molecule has 1 aliphatic rings. The molecule has 2 N–H and O–H groups in total. The van der Waals surface area contributed by atoms with Crippen molar-refractivity contribution in [3.05, 3.63) is 36.1 Å². The highest BCUT2D eigenvalue weighted by atomic mass is 16.1. The maximum atomic E-state index is 12.8. The molecule has 0 radical (unpaired) electrons. The molecule has 0 heterocycles. The fraction of sp³-hybridized carbons (Fsp3) is 0.692. The lowest BCUT2D eigenvalue weighted by atomic mass is 9.89. The molecule has 1 atom stereocenters. The first-order valence-corrected chi connectivity index (χ1v) is 12.1. The molecule has 1 aliphatic carbocycles. The number of nitrogens with zero attached hydrogens (tertiary/aromatic N) is 1. The van der Waals surface area contributed by atoms with Crippen molar-refractivity contribution in [3.8, 4) is 0 Å². The average Bonchev–Trinajstić information content (AvgIpc) is 2.76. The number of amides is 1. The van der Waals surface area contributed by atoms with E-state index in [-0.39, 0.29) is 5.91 Å². The summed E-state index contributed by atoms with van der Waals surface area (Å²) < 4.78 is 0. The van der Waals surface area contributed by atoms with E-state index in [1.165, 1.54) is 44.9 Å². The first-order chi connectivity index (χ1) is 14.5. The third-order valence-corrected chi connectivity index (χ3v) is 6.04. The van der Waals surface area contributed by atoms with Crippen molar-refractivity contribution in [1.82, 2.24) is 10.6 Å². The summed E-state index contributed by atoms with van der Waals surface area (Å²) in [6.07, 6.45) is 16.5. The molecule has 1 rings (SSSR count). The van der Waals surface area contributed by atoms with E-state index in [1.54, 1.807) is 6.34 Å². The second-order valence-electron chi connectivity index (χ2n) is 8.73. The molecule has 170 valence electrons. The Morgan fingerprint density at radius 2 is 1.90 bits per heavy atom. The molecule has 30 heavy (non-hydrogen) atoms. The molecule has 1 amide bonds. The van der Waals surface area contributed by atoms with Gasteiger partial charge in [0, 0.05) is 18.7 Å². The summed E-state index contributed by atoms with van der Waals surface area (Å²) in [6, 6.07) is 0. The van der Waals surface area contributed by atoms with E-state index < -0.39 is 0 Å². The van der Waals surface area contributed by atoms with Gasteiger partial charge in [-0.1, -0.05) is 58.6 Å². The van der Waals surface area contributed by atoms with Crippen LogP contribution in [-0.2, 0) is 4.79 Å². The maximum Gasteiger partial charge on any atom is 0.249 e. The number of hydrogen-bond donors (Lipinski definition) is 2. The topological polar surface area (TPSA) is 53.5 Å². The molecule has 0 aromatic rings. The molecule has 1 saturated carbocycles. The number of carbonyl (C=O) groups excluding carboxylic acids is 1. The molecule has 1 unspecified atom stereocenters. The largest absolute Gasteiger partial charge is 0.352 e. The molecule has 0 spiro atoms. The third-order valence-electron chi connectivity index (χ3n) is 6.04. The Kier molecular flexibility index (Phi) is 13.9. The fourth-order valence-electron chi connectivity index (χ4n) is 4.18. The average molecular weight is 416 g/mol. The third kappa shape index (κ3) is 10.3. The van der Waals surface area contributed by atoms with Gasteiger partial charge in [-0.05, 0) is 62.9 Å². The summed E-state index contributed by atoms with van der Waals surface area (Å²) in [7, 11) is 0. The summed E-state index contributed by atoms with van der Waals surface area (Å²) >= 11 is 0. The minimum absolute atomic E-state index is 0.00330. The first-order valence-electron chi connectivity index (χ1n) is 12.1. The minimum Gasteiger partial charge on any atom is -0.352 e. The Balaban J connectivity index is 2.71. The predicted octanol–water partition coefficient (Wildman–Crippen LogP) is 6.31. The Bertz CT molecular complexity index is 585. The normalized spacial score (nSPS) is 16.8. The van der Waals surface area contributed by atoms with E-state index in [9.17, 15) is 4.79 Å². The molecule has 4 heteroatoms. The lowest BCUT2D eigenvalue weighted by Crippen LogP contribution is -2.32. The molecule has 0 saturated heterocycles. The minimum atomic E-state index is 0.00330. The van der Waals surface area contributed by atoms with Crippen LogP contribution in [0.4, 0.5) is 0 Å². The second-order valence-corrected chi connectivity index (χ2v) is 8.73. The Labute approximate surface area is 185 Å². The van der Waals surface area contributed by atoms with Gasteiger partial charge in [0.1, 0.15) is 0 Å². The van der Waals surface area contributed by atoms with Crippen molar-refractivity contribution >= 4 is 12.2 Å². The molecule has 0 bridgehead atoms. The number of rotatable bonds is 15. The smallest absolute Gasteiger partial charge is 0.249 e. The van der Waals surface area contributed by atoms with Crippen LogP contribution in [0.1, 0.15) is 91.4 Å². The second kappa shape index (κ2) is 15.9. The Morgan fingerprint density at radius 3 is 2.53 bits per heavy atom. The lowest BCUT2D eigenvalue weighted by Gasteiger charge is -2.22. The van der Waals surface area contributed by atoms with Gasteiger partial charge in [-0.2, -0.15) is 0 Å². The number of carbonyl (C=O) groups is 1. The predicted molar refractivity (Wildman–Crippen MR) is 131 cm³/mol. The van der Waals surface area contributed by atoms with Crippen LogP contribution in [-0.4, -0.2) is 25.3 Å². The van der Waals surface area contributed by atoms with Gasteiger partial charge in [0.25, 0.3) is 0 Å². The zero-order valence-corrected chi connectivity index (χ0v) is 19.8. The van der Waals surface area contributed by atoms with E-state index in [2.05, 4.69) is 42.6 Å². The number of nitrogens with one attached hydrogen (secondary N) is 2. The monoisotopic (exact) mass is 415 g/mol. The van der Waals surface area contributed by atoms with Crippen LogP contribution in [0.15, 0.2) is 41.1 Å². The van der Waals surface area contributed by atoms with Gasteiger partial charge in [-0.15, -0.1) is 6.58 Å². The lowest BCUT2D eigenvalue weighted by molar-refractivity contribution is -0.117. The Morgan fingerprint density at radius 1 is 1.17 bits per heavy atom. The van der Waals surface area contributed by atoms with E-state index in [4.69, 9.17) is 0 Å². The molecule has 0 aliphatic heterocycles. The van der Waals surface area contributed by atoms with Crippen LogP contribution in [0.25, 0.3) is 0 Å². The van der Waals surface area contributed by atoms with Gasteiger partial charge in [0.2, 0.25) is 5.91 Å². The van der Waals surface area contributed by atoms with Crippen molar-refractivity contribution in [2.75, 3.05) is 13.1 Å². The molecule has 1 fully saturated rings. The molecule has 4 nitrogen and oxygen atoms in total. The van der Waals surface area contributed by atoms with E-state index >= 15 is 0 Å². The van der Waals surface area contributed by atoms with Crippen molar-refractivity contribution < 1.29 is 4.79 Å². The summed E-state index contributed by atoms with van der Waals surface area (Å²) in [5.74, 6) is 1.21. The highest BCUT2D eigenvalue weighted by molar-refractivity contribution is 5.94. The van der Waals surface area contributed by atoms with E-state index in [0.29, 0.717) is 17.4 Å². The van der Waals surface area contributed by atoms with Crippen LogP contribution >= 0.6 is 0 Å². The zero-order chi connectivity index (χ0) is 22.2. The summed E-state index contributed by atoms with van der Waals surface area (Å²) in [4.78, 5) is 17.4. The van der Waals surface area contributed by atoms with Crippen LogP contribution in [0.5, 0.6) is 0 Å². The summed E-state index contributed by atoms with van der Waals surface area (Å²) in [5, 5.41) is 6.43. The van der Waals surface area contributed by atoms with Gasteiger partial charge in [-0.25, -0.2) is 0 Å². The van der Waals surface area contributed by atoms with E-state index in [1.807, 2.05) is 13.0 Å². The highest BCUT2D eigenvalue weighted by Gasteiger charge is 2.17. The van der Waals surface area contributed by atoms with Crippen LogP contribution in [0.3, 0.4) is 0 Å². The molecule has 0 aromatic heterocycles. The van der Waals surface area contributed by atoms with Crippen molar-refractivity contribution in [3.63, 3.8) is 0 Å². The van der Waals surface area contributed by atoms with Gasteiger partial charge >= 0.3 is 0 Å². The first kappa shape index (κ1) is 26.2. The highest BCUT2D eigenvalue weighted by Crippen LogP contribution is 2.23. The molecular weight excluding hydrogens is 370 g/mol. The number of allylic oxidation sites excluding steroid dienone is 2. The van der Waals surface area contributed by atoms with Crippen LogP contribution < -0.4 is 10.6 Å². The van der Waals surface area contributed by atoms with Gasteiger partial charge in [0.15, 0.2) is 0 Å². The van der Waals surface area contributed by atoms with Gasteiger partial charge < -0.3 is 10.6 Å². The number of aliphatic imine (C=N–C) groups is 1. The van der Waals surface area contributed by atoms with E-state index in [0.717, 1.165) is 50.0 Å².